The van der Waals surface area contributed by atoms with Crippen molar-refractivity contribution in [2.75, 3.05) is 18.9 Å². The van der Waals surface area contributed by atoms with E-state index in [-0.39, 0.29) is 12.5 Å². The molecule has 6 heteroatoms. The molecule has 0 radical (unpaired) electrons. The van der Waals surface area contributed by atoms with Gasteiger partial charge in [0.2, 0.25) is 0 Å². The maximum Gasteiger partial charge on any atom is 0.271 e. The number of carbonyl (C=O) groups excluding carboxylic acids is 1. The van der Waals surface area contributed by atoms with Gasteiger partial charge in [-0.05, 0) is 30.7 Å². The SMILES string of the molecule is Nc1cccc(-n2ccc(C(=O)NCCCO)n2)c1. The topological polar surface area (TPSA) is 93.2 Å². The molecule has 6 nitrogen and oxygen atoms in total. The van der Waals surface area contributed by atoms with Gasteiger partial charge in [-0.2, -0.15) is 5.10 Å². The van der Waals surface area contributed by atoms with E-state index in [2.05, 4.69) is 10.4 Å². The fourth-order valence-electron chi connectivity index (χ4n) is 1.63. The van der Waals surface area contributed by atoms with Gasteiger partial charge in [-0.3, -0.25) is 4.79 Å². The summed E-state index contributed by atoms with van der Waals surface area (Å²) in [5.41, 5.74) is 7.47. The van der Waals surface area contributed by atoms with Crippen molar-refractivity contribution in [2.24, 2.45) is 0 Å². The first kappa shape index (κ1) is 13.1. The Morgan fingerprint density at radius 2 is 2.26 bits per heavy atom. The van der Waals surface area contributed by atoms with Gasteiger partial charge < -0.3 is 16.2 Å². The quantitative estimate of drug-likeness (QED) is 0.541. The lowest BCUT2D eigenvalue weighted by molar-refractivity contribution is 0.0945. The summed E-state index contributed by atoms with van der Waals surface area (Å²) in [5.74, 6) is -0.254. The number of benzene rings is 1. The second kappa shape index (κ2) is 6.01. The van der Waals surface area contributed by atoms with Crippen LogP contribution in [0.2, 0.25) is 0 Å². The molecule has 0 saturated heterocycles. The standard InChI is InChI=1S/C13H16N4O2/c14-10-3-1-4-11(9-10)17-7-5-12(16-17)13(19)15-6-2-8-18/h1,3-5,7,9,18H,2,6,8,14H2,(H,15,19). The molecule has 2 aromatic rings. The van der Waals surface area contributed by atoms with E-state index in [0.717, 1.165) is 5.69 Å². The van der Waals surface area contributed by atoms with Gasteiger partial charge in [0.1, 0.15) is 0 Å². The van der Waals surface area contributed by atoms with E-state index < -0.39 is 0 Å². The number of nitrogens with zero attached hydrogens (tertiary/aromatic N) is 2. The van der Waals surface area contributed by atoms with Gasteiger partial charge in [0.15, 0.2) is 5.69 Å². The van der Waals surface area contributed by atoms with E-state index >= 15 is 0 Å². The van der Waals surface area contributed by atoms with Crippen LogP contribution in [0.15, 0.2) is 36.5 Å². The molecule has 0 fully saturated rings. The normalized spacial score (nSPS) is 10.4. The predicted molar refractivity (Wildman–Crippen MR) is 72.0 cm³/mol. The lowest BCUT2D eigenvalue weighted by Gasteiger charge is -2.03. The molecule has 19 heavy (non-hydrogen) atoms. The number of nitrogens with two attached hydrogens (primary N) is 1. The van der Waals surface area contributed by atoms with Crippen LogP contribution in [0.5, 0.6) is 0 Å². The zero-order valence-electron chi connectivity index (χ0n) is 10.4. The van der Waals surface area contributed by atoms with Crippen molar-refractivity contribution < 1.29 is 9.90 Å². The van der Waals surface area contributed by atoms with Crippen LogP contribution in [0.1, 0.15) is 16.9 Å². The number of nitrogens with one attached hydrogen (secondary N) is 1. The predicted octanol–water partition coefficient (Wildman–Crippen LogP) is 0.567. The van der Waals surface area contributed by atoms with E-state index in [1.807, 2.05) is 12.1 Å². The first-order valence-corrected chi connectivity index (χ1v) is 6.01. The molecule has 1 aromatic carbocycles. The van der Waals surface area contributed by atoms with E-state index in [1.165, 1.54) is 0 Å². The fourth-order valence-corrected chi connectivity index (χ4v) is 1.63. The lowest BCUT2D eigenvalue weighted by Crippen LogP contribution is -2.25. The number of nitrogen functional groups attached to an aromatic ring is 1. The maximum atomic E-state index is 11.7. The monoisotopic (exact) mass is 260 g/mol. The lowest BCUT2D eigenvalue weighted by atomic mass is 10.3. The highest BCUT2D eigenvalue weighted by molar-refractivity contribution is 5.92. The summed E-state index contributed by atoms with van der Waals surface area (Å²) in [6.45, 7) is 0.485. The number of aliphatic hydroxyl groups is 1. The third-order valence-electron chi connectivity index (χ3n) is 2.58. The van der Waals surface area contributed by atoms with Crippen LogP contribution in [0, 0.1) is 0 Å². The molecule has 4 N–H and O–H groups in total. The minimum atomic E-state index is -0.254. The van der Waals surface area contributed by atoms with Gasteiger partial charge >= 0.3 is 0 Å². The third-order valence-corrected chi connectivity index (χ3v) is 2.58. The van der Waals surface area contributed by atoms with E-state index in [1.54, 1.807) is 29.1 Å². The minimum absolute atomic E-state index is 0.0536. The summed E-state index contributed by atoms with van der Waals surface area (Å²) in [4.78, 5) is 11.7. The summed E-state index contributed by atoms with van der Waals surface area (Å²) < 4.78 is 1.59. The molecular formula is C13H16N4O2. The number of carbonyl (C=O) groups is 1. The average Bonchev–Trinajstić information content (AvgIpc) is 2.88. The Bertz CT molecular complexity index is 565. The first-order valence-electron chi connectivity index (χ1n) is 6.01. The Labute approximate surface area is 110 Å². The molecule has 100 valence electrons. The Balaban J connectivity index is 2.08. The Morgan fingerprint density at radius 1 is 1.42 bits per heavy atom. The van der Waals surface area contributed by atoms with Crippen LogP contribution in [0.4, 0.5) is 5.69 Å². The molecule has 0 bridgehead atoms. The van der Waals surface area contributed by atoms with E-state index in [4.69, 9.17) is 10.8 Å². The van der Waals surface area contributed by atoms with Crippen LogP contribution in [0.3, 0.4) is 0 Å². The highest BCUT2D eigenvalue weighted by Crippen LogP contribution is 2.11. The van der Waals surface area contributed by atoms with Gasteiger partial charge in [0, 0.05) is 25.0 Å². The van der Waals surface area contributed by atoms with Crippen molar-refractivity contribution in [1.29, 1.82) is 0 Å². The van der Waals surface area contributed by atoms with Crippen LogP contribution in [0.25, 0.3) is 5.69 Å². The Morgan fingerprint density at radius 3 is 3.00 bits per heavy atom. The molecule has 0 spiro atoms. The number of aliphatic hydroxyl groups excluding tert-OH is 1. The molecule has 0 unspecified atom stereocenters. The molecule has 0 aliphatic rings. The summed E-state index contributed by atoms with van der Waals surface area (Å²) in [7, 11) is 0. The first-order chi connectivity index (χ1) is 9.20. The van der Waals surface area contributed by atoms with Crippen molar-refractivity contribution >= 4 is 11.6 Å². The van der Waals surface area contributed by atoms with Crippen LogP contribution in [-0.4, -0.2) is 33.9 Å². The van der Waals surface area contributed by atoms with Crippen LogP contribution >= 0.6 is 0 Å². The van der Waals surface area contributed by atoms with Crippen LogP contribution < -0.4 is 11.1 Å². The fraction of sp³-hybridized carbons (Fsp3) is 0.231. The summed E-state index contributed by atoms with van der Waals surface area (Å²) >= 11 is 0. The molecular weight excluding hydrogens is 244 g/mol. The van der Waals surface area contributed by atoms with Crippen molar-refractivity contribution in [2.45, 2.75) is 6.42 Å². The number of anilines is 1. The molecule has 0 aliphatic carbocycles. The molecule has 1 amide bonds. The van der Waals surface area contributed by atoms with Crippen molar-refractivity contribution in [1.82, 2.24) is 15.1 Å². The van der Waals surface area contributed by atoms with E-state index in [9.17, 15) is 4.79 Å². The van der Waals surface area contributed by atoms with Crippen molar-refractivity contribution in [3.8, 4) is 5.69 Å². The highest BCUT2D eigenvalue weighted by Gasteiger charge is 2.09. The molecule has 1 heterocycles. The minimum Gasteiger partial charge on any atom is -0.399 e. The molecule has 1 aromatic heterocycles. The highest BCUT2D eigenvalue weighted by atomic mass is 16.3. The summed E-state index contributed by atoms with van der Waals surface area (Å²) in [6.07, 6.45) is 2.23. The molecule has 0 saturated carbocycles. The third kappa shape index (κ3) is 3.32. The smallest absolute Gasteiger partial charge is 0.271 e. The molecule has 2 rings (SSSR count). The van der Waals surface area contributed by atoms with Gasteiger partial charge in [-0.15, -0.1) is 0 Å². The summed E-state index contributed by atoms with van der Waals surface area (Å²) in [5, 5.41) is 15.5. The van der Waals surface area contributed by atoms with Crippen LogP contribution in [-0.2, 0) is 0 Å². The largest absolute Gasteiger partial charge is 0.399 e. The number of hydrogen-bond donors (Lipinski definition) is 3. The number of amides is 1. The average molecular weight is 260 g/mol. The van der Waals surface area contributed by atoms with Crippen molar-refractivity contribution in [3.05, 3.63) is 42.2 Å². The van der Waals surface area contributed by atoms with Gasteiger partial charge in [-0.25, -0.2) is 4.68 Å². The number of rotatable bonds is 5. The van der Waals surface area contributed by atoms with E-state index in [0.29, 0.717) is 24.3 Å². The van der Waals surface area contributed by atoms with Gasteiger partial charge in [0.05, 0.1) is 5.69 Å². The number of aromatic nitrogens is 2. The van der Waals surface area contributed by atoms with Crippen molar-refractivity contribution in [3.63, 3.8) is 0 Å². The molecule has 0 aliphatic heterocycles. The number of hydrogen-bond acceptors (Lipinski definition) is 4. The molecule has 0 atom stereocenters. The summed E-state index contributed by atoms with van der Waals surface area (Å²) in [6, 6.07) is 8.89. The Hall–Kier alpha value is -2.34. The van der Waals surface area contributed by atoms with Gasteiger partial charge in [-0.1, -0.05) is 6.07 Å². The second-order valence-electron chi connectivity index (χ2n) is 4.07. The maximum absolute atomic E-state index is 11.7. The van der Waals surface area contributed by atoms with Gasteiger partial charge in [0.25, 0.3) is 5.91 Å². The second-order valence-corrected chi connectivity index (χ2v) is 4.07. The Kier molecular flexibility index (Phi) is 4.15. The zero-order valence-corrected chi connectivity index (χ0v) is 10.4. The zero-order chi connectivity index (χ0) is 13.7.